The van der Waals surface area contributed by atoms with Gasteiger partial charge < -0.3 is 10.6 Å². The van der Waals surface area contributed by atoms with Crippen molar-refractivity contribution in [3.63, 3.8) is 0 Å². The molecule has 0 atom stereocenters. The first-order valence-electron chi connectivity index (χ1n) is 6.28. The van der Waals surface area contributed by atoms with E-state index >= 15 is 0 Å². The molecular weight excluding hydrogens is 244 g/mol. The third kappa shape index (κ3) is 3.09. The van der Waals surface area contributed by atoms with Crippen LogP contribution in [0.1, 0.15) is 23.7 Å². The molecule has 0 aliphatic heterocycles. The first-order chi connectivity index (χ1) is 8.83. The molecule has 0 aliphatic rings. The molecule has 0 aliphatic carbocycles. The van der Waals surface area contributed by atoms with Gasteiger partial charge in [0.15, 0.2) is 0 Å². The van der Waals surface area contributed by atoms with Gasteiger partial charge in [0, 0.05) is 22.0 Å². The number of hydrogen-bond donors (Lipinski definition) is 2. The molecule has 0 saturated carbocycles. The van der Waals surface area contributed by atoms with Crippen molar-refractivity contribution >= 4 is 27.3 Å². The number of thiophene rings is 1. The fourth-order valence-electron chi connectivity index (χ4n) is 1.84. The van der Waals surface area contributed by atoms with Crippen molar-refractivity contribution in [3.8, 4) is 0 Å². The molecule has 3 nitrogen and oxygen atoms in total. The molecule has 1 heterocycles. The van der Waals surface area contributed by atoms with Gasteiger partial charge in [-0.1, -0.05) is 25.1 Å². The Balaban J connectivity index is 1.93. The summed E-state index contributed by atoms with van der Waals surface area (Å²) in [5.41, 5.74) is 0.791. The molecule has 0 bridgehead atoms. The normalized spacial score (nSPS) is 10.7. The molecule has 0 unspecified atom stereocenters. The lowest BCUT2D eigenvalue weighted by Crippen LogP contribution is -2.27. The second kappa shape index (κ2) is 6.52. The van der Waals surface area contributed by atoms with E-state index in [2.05, 4.69) is 17.6 Å². The van der Waals surface area contributed by atoms with Gasteiger partial charge in [-0.05, 0) is 25.6 Å². The second-order valence-electron chi connectivity index (χ2n) is 4.11. The summed E-state index contributed by atoms with van der Waals surface area (Å²) in [5, 5.41) is 9.18. The van der Waals surface area contributed by atoms with Crippen LogP contribution in [0.4, 0.5) is 0 Å². The summed E-state index contributed by atoms with van der Waals surface area (Å²) >= 11 is 1.62. The molecule has 96 valence electrons. The number of carbonyl (C=O) groups is 1. The topological polar surface area (TPSA) is 41.1 Å². The zero-order valence-corrected chi connectivity index (χ0v) is 11.3. The summed E-state index contributed by atoms with van der Waals surface area (Å²) in [7, 11) is 0. The van der Waals surface area contributed by atoms with E-state index in [4.69, 9.17) is 0 Å². The van der Waals surface area contributed by atoms with Crippen LogP contribution in [0.15, 0.2) is 29.6 Å². The van der Waals surface area contributed by atoms with Gasteiger partial charge in [0.2, 0.25) is 0 Å². The van der Waals surface area contributed by atoms with Crippen LogP contribution >= 0.6 is 11.3 Å². The summed E-state index contributed by atoms with van der Waals surface area (Å²) < 4.78 is 1.16. The van der Waals surface area contributed by atoms with E-state index in [9.17, 15) is 4.79 Å². The minimum Gasteiger partial charge on any atom is -0.352 e. The number of fused-ring (bicyclic) bond motifs is 1. The van der Waals surface area contributed by atoms with Gasteiger partial charge in [0.1, 0.15) is 0 Å². The fourth-order valence-corrected chi connectivity index (χ4v) is 2.78. The summed E-state index contributed by atoms with van der Waals surface area (Å²) in [5.74, 6) is 0.0314. The highest BCUT2D eigenvalue weighted by Gasteiger charge is 2.10. The molecule has 0 spiro atoms. The number of rotatable bonds is 6. The van der Waals surface area contributed by atoms with Gasteiger partial charge in [-0.15, -0.1) is 11.3 Å². The highest BCUT2D eigenvalue weighted by Crippen LogP contribution is 2.25. The van der Waals surface area contributed by atoms with Crippen LogP contribution in [0.3, 0.4) is 0 Å². The van der Waals surface area contributed by atoms with E-state index in [1.807, 2.05) is 29.6 Å². The molecule has 2 N–H and O–H groups in total. The summed E-state index contributed by atoms with van der Waals surface area (Å²) in [6, 6.07) is 8.01. The zero-order chi connectivity index (χ0) is 12.8. The number of nitrogens with one attached hydrogen (secondary N) is 2. The van der Waals surface area contributed by atoms with Crippen LogP contribution in [0.25, 0.3) is 10.1 Å². The molecule has 0 radical (unpaired) electrons. The third-order valence-electron chi connectivity index (χ3n) is 2.79. The van der Waals surface area contributed by atoms with Crippen molar-refractivity contribution in [2.45, 2.75) is 13.3 Å². The van der Waals surface area contributed by atoms with Crippen molar-refractivity contribution in [1.82, 2.24) is 10.6 Å². The lowest BCUT2D eigenvalue weighted by Gasteiger charge is -2.04. The Bertz CT molecular complexity index is 521. The first-order valence-corrected chi connectivity index (χ1v) is 7.16. The zero-order valence-electron chi connectivity index (χ0n) is 10.5. The first kappa shape index (κ1) is 13.1. The molecule has 4 heteroatoms. The summed E-state index contributed by atoms with van der Waals surface area (Å²) in [6.45, 7) is 4.72. The number of amides is 1. The van der Waals surface area contributed by atoms with Gasteiger partial charge in [0.05, 0.1) is 5.56 Å². The van der Waals surface area contributed by atoms with Crippen LogP contribution in [0.2, 0.25) is 0 Å². The Morgan fingerprint density at radius 3 is 2.94 bits per heavy atom. The third-order valence-corrected chi connectivity index (χ3v) is 3.75. The number of hydrogen-bond acceptors (Lipinski definition) is 3. The Morgan fingerprint density at radius 1 is 1.28 bits per heavy atom. The van der Waals surface area contributed by atoms with E-state index in [0.717, 1.165) is 41.7 Å². The highest BCUT2D eigenvalue weighted by molar-refractivity contribution is 7.17. The minimum atomic E-state index is 0.0314. The van der Waals surface area contributed by atoms with Crippen LogP contribution < -0.4 is 10.6 Å². The average molecular weight is 262 g/mol. The van der Waals surface area contributed by atoms with Gasteiger partial charge in [-0.2, -0.15) is 0 Å². The van der Waals surface area contributed by atoms with E-state index in [0.29, 0.717) is 0 Å². The molecular formula is C14H18N2OS. The monoisotopic (exact) mass is 262 g/mol. The van der Waals surface area contributed by atoms with Crippen LogP contribution in [0.5, 0.6) is 0 Å². The maximum absolute atomic E-state index is 12.0. The van der Waals surface area contributed by atoms with E-state index < -0.39 is 0 Å². The van der Waals surface area contributed by atoms with Crippen LogP contribution in [-0.2, 0) is 0 Å². The van der Waals surface area contributed by atoms with Crippen LogP contribution in [-0.4, -0.2) is 25.5 Å². The summed E-state index contributed by atoms with van der Waals surface area (Å²) in [6.07, 6.45) is 0.960. The molecule has 18 heavy (non-hydrogen) atoms. The number of carbonyl (C=O) groups excluding carboxylic acids is 1. The van der Waals surface area contributed by atoms with Crippen molar-refractivity contribution in [2.24, 2.45) is 0 Å². The van der Waals surface area contributed by atoms with Crippen LogP contribution in [0, 0.1) is 0 Å². The smallest absolute Gasteiger partial charge is 0.252 e. The van der Waals surface area contributed by atoms with Crippen molar-refractivity contribution < 1.29 is 4.79 Å². The maximum Gasteiger partial charge on any atom is 0.252 e. The maximum atomic E-state index is 12.0. The SMILES string of the molecule is CCNCCCNC(=O)c1csc2ccccc12. The Kier molecular flexibility index (Phi) is 4.73. The van der Waals surface area contributed by atoms with Crippen molar-refractivity contribution in [3.05, 3.63) is 35.2 Å². The fraction of sp³-hybridized carbons (Fsp3) is 0.357. The van der Waals surface area contributed by atoms with Crippen molar-refractivity contribution in [1.29, 1.82) is 0 Å². The predicted molar refractivity (Wildman–Crippen MR) is 77.3 cm³/mol. The molecule has 1 aromatic heterocycles. The minimum absolute atomic E-state index is 0.0314. The highest BCUT2D eigenvalue weighted by atomic mass is 32.1. The molecule has 0 saturated heterocycles. The quantitative estimate of drug-likeness (QED) is 0.786. The lowest BCUT2D eigenvalue weighted by atomic mass is 10.1. The average Bonchev–Trinajstić information content (AvgIpc) is 2.82. The van der Waals surface area contributed by atoms with E-state index in [-0.39, 0.29) is 5.91 Å². The molecule has 1 aromatic carbocycles. The number of benzene rings is 1. The molecule has 0 fully saturated rings. The molecule has 1 amide bonds. The van der Waals surface area contributed by atoms with Gasteiger partial charge in [-0.3, -0.25) is 4.79 Å². The Hall–Kier alpha value is -1.39. The molecule has 2 rings (SSSR count). The van der Waals surface area contributed by atoms with E-state index in [1.54, 1.807) is 11.3 Å². The van der Waals surface area contributed by atoms with E-state index in [1.165, 1.54) is 0 Å². The largest absolute Gasteiger partial charge is 0.352 e. The lowest BCUT2D eigenvalue weighted by molar-refractivity contribution is 0.0955. The van der Waals surface area contributed by atoms with Gasteiger partial charge in [0.25, 0.3) is 5.91 Å². The summed E-state index contributed by atoms with van der Waals surface area (Å²) in [4.78, 5) is 12.0. The Labute approximate surface area is 111 Å². The second-order valence-corrected chi connectivity index (χ2v) is 5.02. The predicted octanol–water partition coefficient (Wildman–Crippen LogP) is 2.63. The Morgan fingerprint density at radius 2 is 2.11 bits per heavy atom. The van der Waals surface area contributed by atoms with Crippen molar-refractivity contribution in [2.75, 3.05) is 19.6 Å². The standard InChI is InChI=1S/C14H18N2OS/c1-2-15-8-5-9-16-14(17)12-10-18-13-7-4-3-6-11(12)13/h3-4,6-7,10,15H,2,5,8-9H2,1H3,(H,16,17). The van der Waals surface area contributed by atoms with Gasteiger partial charge in [-0.25, -0.2) is 0 Å². The molecule has 2 aromatic rings. The van der Waals surface area contributed by atoms with Gasteiger partial charge >= 0.3 is 0 Å².